The van der Waals surface area contributed by atoms with Gasteiger partial charge in [0, 0.05) is 19.6 Å². The molecule has 0 saturated carbocycles. The van der Waals surface area contributed by atoms with E-state index in [9.17, 15) is 4.79 Å². The highest BCUT2D eigenvalue weighted by atomic mass is 32.1. The van der Waals surface area contributed by atoms with Gasteiger partial charge in [-0.2, -0.15) is 5.10 Å². The number of hydrogen-bond donors (Lipinski definition) is 2. The van der Waals surface area contributed by atoms with Crippen molar-refractivity contribution in [3.8, 4) is 5.75 Å². The van der Waals surface area contributed by atoms with Crippen LogP contribution < -0.4 is 15.5 Å². The smallest absolute Gasteiger partial charge is 0.260 e. The zero-order valence-electron chi connectivity index (χ0n) is 14.5. The molecule has 1 saturated heterocycles. The molecule has 1 aliphatic heterocycles. The van der Waals surface area contributed by atoms with Crippen LogP contribution in [0.5, 0.6) is 5.75 Å². The molecule has 6 nitrogen and oxygen atoms in total. The minimum atomic E-state index is 0.0454. The number of carbonyl (C=O) groups excluding carboxylic acids is 1. The van der Waals surface area contributed by atoms with Crippen LogP contribution in [0, 0.1) is 0 Å². The highest BCUT2D eigenvalue weighted by molar-refractivity contribution is 7.80. The van der Waals surface area contributed by atoms with Crippen molar-refractivity contribution in [2.45, 2.75) is 19.8 Å². The largest absolute Gasteiger partial charge is 0.484 e. The van der Waals surface area contributed by atoms with Gasteiger partial charge in [-0.25, -0.2) is 0 Å². The Kier molecular flexibility index (Phi) is 7.40. The molecule has 7 heteroatoms. The first-order valence-corrected chi connectivity index (χ1v) is 8.71. The van der Waals surface area contributed by atoms with Gasteiger partial charge in [0.2, 0.25) is 0 Å². The topological polar surface area (TPSA) is 66.0 Å². The number of rotatable bonds is 7. The number of hydrazone groups is 1. The fraction of sp³-hybridized carbons (Fsp3) is 0.389. The van der Waals surface area contributed by atoms with Gasteiger partial charge in [-0.15, -0.1) is 6.58 Å². The summed E-state index contributed by atoms with van der Waals surface area (Å²) in [4.78, 5) is 13.8. The molecule has 1 heterocycles. The summed E-state index contributed by atoms with van der Waals surface area (Å²) in [6.07, 6.45) is 3.89. The summed E-state index contributed by atoms with van der Waals surface area (Å²) >= 11 is 5.08. The lowest BCUT2D eigenvalue weighted by Crippen LogP contribution is -2.32. The minimum Gasteiger partial charge on any atom is -0.484 e. The highest BCUT2D eigenvalue weighted by Crippen LogP contribution is 2.14. The molecule has 1 amide bonds. The van der Waals surface area contributed by atoms with Gasteiger partial charge < -0.3 is 15.0 Å². The van der Waals surface area contributed by atoms with Crippen molar-refractivity contribution < 1.29 is 9.53 Å². The van der Waals surface area contributed by atoms with Gasteiger partial charge in [-0.05, 0) is 61.8 Å². The molecule has 0 aliphatic carbocycles. The van der Waals surface area contributed by atoms with Crippen LogP contribution in [0.15, 0.2) is 42.0 Å². The zero-order valence-corrected chi connectivity index (χ0v) is 15.3. The van der Waals surface area contributed by atoms with E-state index in [1.54, 1.807) is 6.08 Å². The van der Waals surface area contributed by atoms with Crippen molar-refractivity contribution in [2.75, 3.05) is 26.2 Å². The number of ether oxygens (including phenoxy) is 1. The van der Waals surface area contributed by atoms with Gasteiger partial charge in [0.1, 0.15) is 5.75 Å². The molecule has 1 aromatic carbocycles. The molecule has 0 spiro atoms. The van der Waals surface area contributed by atoms with E-state index in [0.717, 1.165) is 37.2 Å². The van der Waals surface area contributed by atoms with Crippen molar-refractivity contribution in [1.82, 2.24) is 15.6 Å². The molecule has 0 radical (unpaired) electrons. The Balaban J connectivity index is 1.82. The van der Waals surface area contributed by atoms with E-state index in [0.29, 0.717) is 17.4 Å². The summed E-state index contributed by atoms with van der Waals surface area (Å²) in [6, 6.07) is 7.46. The summed E-state index contributed by atoms with van der Waals surface area (Å²) in [5.74, 6) is 0.712. The van der Waals surface area contributed by atoms with E-state index in [2.05, 4.69) is 22.4 Å². The van der Waals surface area contributed by atoms with Crippen LogP contribution in [-0.4, -0.2) is 47.9 Å². The van der Waals surface area contributed by atoms with Crippen molar-refractivity contribution in [2.24, 2.45) is 5.10 Å². The molecule has 0 aromatic heterocycles. The number of nitrogens with one attached hydrogen (secondary N) is 2. The monoisotopic (exact) mass is 360 g/mol. The van der Waals surface area contributed by atoms with E-state index < -0.39 is 0 Å². The molecule has 1 aliphatic rings. The van der Waals surface area contributed by atoms with Crippen molar-refractivity contribution >= 4 is 28.9 Å². The van der Waals surface area contributed by atoms with Crippen LogP contribution in [0.4, 0.5) is 0 Å². The maximum Gasteiger partial charge on any atom is 0.260 e. The lowest BCUT2D eigenvalue weighted by atomic mass is 10.1. The van der Waals surface area contributed by atoms with Crippen LogP contribution in [0.1, 0.15) is 25.3 Å². The molecule has 2 N–H and O–H groups in total. The van der Waals surface area contributed by atoms with Crippen LogP contribution in [0.3, 0.4) is 0 Å². The number of amides is 1. The van der Waals surface area contributed by atoms with E-state index >= 15 is 0 Å². The van der Waals surface area contributed by atoms with E-state index in [4.69, 9.17) is 17.0 Å². The first-order chi connectivity index (χ1) is 12.1. The lowest BCUT2D eigenvalue weighted by molar-refractivity contribution is -0.132. The molecule has 0 atom stereocenters. The Morgan fingerprint density at radius 2 is 2.04 bits per heavy atom. The lowest BCUT2D eigenvalue weighted by Gasteiger charge is -2.15. The number of hydrogen-bond acceptors (Lipinski definition) is 4. The maximum atomic E-state index is 12.0. The van der Waals surface area contributed by atoms with Crippen LogP contribution in [0.25, 0.3) is 0 Å². The average Bonchev–Trinajstić information content (AvgIpc) is 3.17. The van der Waals surface area contributed by atoms with Crippen LogP contribution in [-0.2, 0) is 4.79 Å². The SMILES string of the molecule is C=CCNC(=S)N/N=C(/C)c1ccc(OCC(=O)N2CCCC2)cc1. The van der Waals surface area contributed by atoms with Gasteiger partial charge in [-0.3, -0.25) is 10.2 Å². The maximum absolute atomic E-state index is 12.0. The van der Waals surface area contributed by atoms with Crippen molar-refractivity contribution in [3.05, 3.63) is 42.5 Å². The molecule has 25 heavy (non-hydrogen) atoms. The van der Waals surface area contributed by atoms with Crippen LogP contribution >= 0.6 is 12.2 Å². The van der Waals surface area contributed by atoms with E-state index in [-0.39, 0.29) is 12.5 Å². The molecule has 1 fully saturated rings. The predicted octanol–water partition coefficient (Wildman–Crippen LogP) is 2.06. The van der Waals surface area contributed by atoms with E-state index in [1.165, 1.54) is 0 Å². The summed E-state index contributed by atoms with van der Waals surface area (Å²) in [5.41, 5.74) is 4.52. The Bertz CT molecular complexity index is 637. The van der Waals surface area contributed by atoms with Crippen LogP contribution in [0.2, 0.25) is 0 Å². The third-order valence-electron chi connectivity index (χ3n) is 3.83. The summed E-state index contributed by atoms with van der Waals surface area (Å²) < 4.78 is 5.57. The number of carbonyl (C=O) groups is 1. The normalized spacial score (nSPS) is 14.1. The molecular weight excluding hydrogens is 336 g/mol. The molecule has 0 bridgehead atoms. The number of likely N-dealkylation sites (tertiary alicyclic amines) is 1. The Labute approximate surface area is 153 Å². The number of thiocarbonyl (C=S) groups is 1. The minimum absolute atomic E-state index is 0.0454. The predicted molar refractivity (Wildman–Crippen MR) is 104 cm³/mol. The summed E-state index contributed by atoms with van der Waals surface area (Å²) in [5, 5.41) is 7.61. The second-order valence-corrected chi connectivity index (χ2v) is 6.12. The Hall–Kier alpha value is -2.41. The molecule has 2 rings (SSSR count). The second-order valence-electron chi connectivity index (χ2n) is 5.71. The zero-order chi connectivity index (χ0) is 18.1. The average molecular weight is 360 g/mol. The quantitative estimate of drug-likeness (QED) is 0.337. The number of benzene rings is 1. The second kappa shape index (κ2) is 9.78. The van der Waals surface area contributed by atoms with Crippen molar-refractivity contribution in [3.63, 3.8) is 0 Å². The Morgan fingerprint density at radius 3 is 2.68 bits per heavy atom. The first kappa shape index (κ1) is 18.9. The first-order valence-electron chi connectivity index (χ1n) is 8.30. The highest BCUT2D eigenvalue weighted by Gasteiger charge is 2.18. The number of nitrogens with zero attached hydrogens (tertiary/aromatic N) is 2. The summed E-state index contributed by atoms with van der Waals surface area (Å²) in [7, 11) is 0. The third-order valence-corrected chi connectivity index (χ3v) is 4.06. The van der Waals surface area contributed by atoms with Gasteiger partial charge in [0.15, 0.2) is 11.7 Å². The summed E-state index contributed by atoms with van der Waals surface area (Å²) in [6.45, 7) is 7.84. The van der Waals surface area contributed by atoms with Gasteiger partial charge >= 0.3 is 0 Å². The molecule has 0 unspecified atom stereocenters. The Morgan fingerprint density at radius 1 is 1.36 bits per heavy atom. The fourth-order valence-electron chi connectivity index (χ4n) is 2.40. The third kappa shape index (κ3) is 6.19. The van der Waals surface area contributed by atoms with Gasteiger partial charge in [0.05, 0.1) is 5.71 Å². The standard InChI is InChI=1S/C18H24N4O2S/c1-3-10-19-18(25)21-20-14(2)15-6-8-16(9-7-15)24-13-17(23)22-11-4-5-12-22/h3,6-9H,1,4-5,10-13H2,2H3,(H2,19,21,25)/b20-14-. The fourth-order valence-corrected chi connectivity index (χ4v) is 2.53. The van der Waals surface area contributed by atoms with Crippen molar-refractivity contribution in [1.29, 1.82) is 0 Å². The molecule has 1 aromatic rings. The molecule has 134 valence electrons. The van der Waals surface area contributed by atoms with Gasteiger partial charge in [-0.1, -0.05) is 6.08 Å². The van der Waals surface area contributed by atoms with E-state index in [1.807, 2.05) is 36.1 Å². The molecular formula is C18H24N4O2S. The van der Waals surface area contributed by atoms with Gasteiger partial charge in [0.25, 0.3) is 5.91 Å².